The van der Waals surface area contributed by atoms with Crippen molar-refractivity contribution in [1.82, 2.24) is 5.32 Å². The molecule has 1 aromatic carbocycles. The Kier molecular flexibility index (Phi) is 6.67. The van der Waals surface area contributed by atoms with Gasteiger partial charge in [-0.25, -0.2) is 0 Å². The van der Waals surface area contributed by atoms with Crippen molar-refractivity contribution < 1.29 is 14.6 Å². The molecule has 4 heteroatoms. The summed E-state index contributed by atoms with van der Waals surface area (Å²) in [6.07, 6.45) is 0.515. The average Bonchev–Trinajstić information content (AvgIpc) is 2.37. The van der Waals surface area contributed by atoms with Crippen molar-refractivity contribution in [2.75, 3.05) is 20.8 Å². The Bertz CT molecular complexity index is 357. The molecule has 0 aliphatic rings. The fourth-order valence-corrected chi connectivity index (χ4v) is 1.98. The van der Waals surface area contributed by atoms with Crippen LogP contribution in [0.3, 0.4) is 0 Å². The zero-order chi connectivity index (χ0) is 14.3. The van der Waals surface area contributed by atoms with Gasteiger partial charge in [0.15, 0.2) is 0 Å². The van der Waals surface area contributed by atoms with Gasteiger partial charge in [-0.3, -0.25) is 0 Å². The van der Waals surface area contributed by atoms with Gasteiger partial charge in [0.05, 0.1) is 20.3 Å². The van der Waals surface area contributed by atoms with Crippen LogP contribution in [0, 0.1) is 5.92 Å². The quantitative estimate of drug-likeness (QED) is 0.758. The van der Waals surface area contributed by atoms with E-state index >= 15 is 0 Å². The van der Waals surface area contributed by atoms with Gasteiger partial charge >= 0.3 is 0 Å². The predicted molar refractivity (Wildman–Crippen MR) is 76.7 cm³/mol. The van der Waals surface area contributed by atoms with Crippen molar-refractivity contribution in [1.29, 1.82) is 0 Å². The number of aliphatic hydroxyl groups is 1. The topological polar surface area (TPSA) is 50.7 Å². The molecule has 0 bridgehead atoms. The first kappa shape index (κ1) is 15.8. The third kappa shape index (κ3) is 5.94. The Morgan fingerprint density at radius 2 is 1.68 bits per heavy atom. The number of benzene rings is 1. The molecule has 0 amide bonds. The Labute approximate surface area is 115 Å². The van der Waals surface area contributed by atoms with Crippen LogP contribution in [-0.4, -0.2) is 32.0 Å². The van der Waals surface area contributed by atoms with E-state index in [1.54, 1.807) is 14.2 Å². The van der Waals surface area contributed by atoms with Gasteiger partial charge in [-0.15, -0.1) is 0 Å². The van der Waals surface area contributed by atoms with Gasteiger partial charge in [-0.05, 0) is 30.0 Å². The van der Waals surface area contributed by atoms with Gasteiger partial charge in [0.25, 0.3) is 0 Å². The zero-order valence-electron chi connectivity index (χ0n) is 12.3. The summed E-state index contributed by atoms with van der Waals surface area (Å²) in [6.45, 7) is 5.49. The van der Waals surface area contributed by atoms with Gasteiger partial charge in [-0.2, -0.15) is 0 Å². The number of rotatable bonds is 8. The van der Waals surface area contributed by atoms with Crippen LogP contribution >= 0.6 is 0 Å². The standard InChI is InChI=1S/C15H25NO3/c1-11(2)5-13(17)10-16-9-12-6-14(18-3)8-15(7-12)19-4/h6-8,11,13,16-17H,5,9-10H2,1-4H3. The third-order valence-electron chi connectivity index (χ3n) is 2.86. The zero-order valence-corrected chi connectivity index (χ0v) is 12.3. The maximum atomic E-state index is 9.79. The second-order valence-electron chi connectivity index (χ2n) is 5.14. The van der Waals surface area contributed by atoms with E-state index < -0.39 is 0 Å². The number of nitrogens with one attached hydrogen (secondary N) is 1. The summed E-state index contributed by atoms with van der Waals surface area (Å²) in [7, 11) is 3.27. The summed E-state index contributed by atoms with van der Waals surface area (Å²) in [5.74, 6) is 2.06. The lowest BCUT2D eigenvalue weighted by atomic mass is 10.1. The van der Waals surface area contributed by atoms with Gasteiger partial charge in [0.2, 0.25) is 0 Å². The lowest BCUT2D eigenvalue weighted by Gasteiger charge is -2.14. The molecule has 0 heterocycles. The van der Waals surface area contributed by atoms with Gasteiger partial charge in [0, 0.05) is 19.2 Å². The highest BCUT2D eigenvalue weighted by Gasteiger charge is 2.07. The minimum atomic E-state index is -0.299. The van der Waals surface area contributed by atoms with E-state index in [1.807, 2.05) is 18.2 Å². The minimum absolute atomic E-state index is 0.299. The molecule has 0 aromatic heterocycles. The third-order valence-corrected chi connectivity index (χ3v) is 2.86. The monoisotopic (exact) mass is 267 g/mol. The Morgan fingerprint density at radius 1 is 1.11 bits per heavy atom. The molecule has 0 aliphatic carbocycles. The minimum Gasteiger partial charge on any atom is -0.497 e. The number of hydrogen-bond acceptors (Lipinski definition) is 4. The molecule has 108 valence electrons. The van der Waals surface area contributed by atoms with Crippen molar-refractivity contribution in [3.8, 4) is 11.5 Å². The lowest BCUT2D eigenvalue weighted by molar-refractivity contribution is 0.146. The highest BCUT2D eigenvalue weighted by atomic mass is 16.5. The lowest BCUT2D eigenvalue weighted by Crippen LogP contribution is -2.27. The second-order valence-corrected chi connectivity index (χ2v) is 5.14. The molecule has 1 rings (SSSR count). The van der Waals surface area contributed by atoms with Crippen molar-refractivity contribution in [2.24, 2.45) is 5.92 Å². The molecule has 0 saturated carbocycles. The van der Waals surface area contributed by atoms with E-state index in [0.29, 0.717) is 19.0 Å². The summed E-state index contributed by atoms with van der Waals surface area (Å²) < 4.78 is 10.4. The Balaban J connectivity index is 2.48. The molecule has 4 nitrogen and oxygen atoms in total. The molecular formula is C15H25NO3. The van der Waals surface area contributed by atoms with Gasteiger partial charge < -0.3 is 19.9 Å². The second kappa shape index (κ2) is 8.02. The van der Waals surface area contributed by atoms with E-state index in [0.717, 1.165) is 23.5 Å². The number of ether oxygens (including phenoxy) is 2. The van der Waals surface area contributed by atoms with E-state index in [4.69, 9.17) is 9.47 Å². The van der Waals surface area contributed by atoms with Crippen LogP contribution in [0.5, 0.6) is 11.5 Å². The number of aliphatic hydroxyl groups excluding tert-OH is 1. The van der Waals surface area contributed by atoms with Crippen LogP contribution in [0.25, 0.3) is 0 Å². The van der Waals surface area contributed by atoms with E-state index in [2.05, 4.69) is 19.2 Å². The first-order chi connectivity index (χ1) is 9.05. The molecule has 1 atom stereocenters. The summed E-state index contributed by atoms with van der Waals surface area (Å²) in [4.78, 5) is 0. The summed E-state index contributed by atoms with van der Waals surface area (Å²) in [6, 6.07) is 5.77. The van der Waals surface area contributed by atoms with Gasteiger partial charge in [-0.1, -0.05) is 13.8 Å². The van der Waals surface area contributed by atoms with Crippen molar-refractivity contribution in [2.45, 2.75) is 32.9 Å². The molecule has 0 fully saturated rings. The van der Waals surface area contributed by atoms with E-state index in [1.165, 1.54) is 0 Å². The van der Waals surface area contributed by atoms with Gasteiger partial charge in [0.1, 0.15) is 11.5 Å². The molecular weight excluding hydrogens is 242 g/mol. The van der Waals surface area contributed by atoms with E-state index in [9.17, 15) is 5.11 Å². The molecule has 0 radical (unpaired) electrons. The summed E-state index contributed by atoms with van der Waals surface area (Å²) in [5.41, 5.74) is 1.08. The Morgan fingerprint density at radius 3 is 2.16 bits per heavy atom. The fourth-order valence-electron chi connectivity index (χ4n) is 1.98. The summed E-state index contributed by atoms with van der Waals surface area (Å²) >= 11 is 0. The highest BCUT2D eigenvalue weighted by molar-refractivity contribution is 5.38. The molecule has 0 aliphatic heterocycles. The highest BCUT2D eigenvalue weighted by Crippen LogP contribution is 2.22. The maximum Gasteiger partial charge on any atom is 0.122 e. The maximum absolute atomic E-state index is 9.79. The number of hydrogen-bond donors (Lipinski definition) is 2. The predicted octanol–water partition coefficient (Wildman–Crippen LogP) is 2.20. The summed E-state index contributed by atoms with van der Waals surface area (Å²) in [5, 5.41) is 13.0. The van der Waals surface area contributed by atoms with Crippen LogP contribution in [0.1, 0.15) is 25.8 Å². The van der Waals surface area contributed by atoms with Crippen LogP contribution in [-0.2, 0) is 6.54 Å². The SMILES string of the molecule is COc1cc(CNCC(O)CC(C)C)cc(OC)c1. The number of methoxy groups -OCH3 is 2. The normalized spacial score (nSPS) is 12.5. The molecule has 0 spiro atoms. The van der Waals surface area contributed by atoms with Crippen LogP contribution in [0.2, 0.25) is 0 Å². The Hall–Kier alpha value is -1.26. The molecule has 0 saturated heterocycles. The largest absolute Gasteiger partial charge is 0.497 e. The first-order valence-electron chi connectivity index (χ1n) is 6.66. The van der Waals surface area contributed by atoms with E-state index in [-0.39, 0.29) is 6.10 Å². The van der Waals surface area contributed by atoms with Crippen LogP contribution in [0.15, 0.2) is 18.2 Å². The van der Waals surface area contributed by atoms with Crippen molar-refractivity contribution in [3.63, 3.8) is 0 Å². The van der Waals surface area contributed by atoms with Crippen LogP contribution < -0.4 is 14.8 Å². The fraction of sp³-hybridized carbons (Fsp3) is 0.600. The smallest absolute Gasteiger partial charge is 0.122 e. The van der Waals surface area contributed by atoms with Crippen LogP contribution in [0.4, 0.5) is 0 Å². The van der Waals surface area contributed by atoms with Crippen molar-refractivity contribution in [3.05, 3.63) is 23.8 Å². The van der Waals surface area contributed by atoms with Crippen molar-refractivity contribution >= 4 is 0 Å². The molecule has 1 unspecified atom stereocenters. The molecule has 1 aromatic rings. The molecule has 2 N–H and O–H groups in total. The first-order valence-corrected chi connectivity index (χ1v) is 6.66. The molecule has 19 heavy (non-hydrogen) atoms. The average molecular weight is 267 g/mol.